The molecule has 0 aliphatic carbocycles. The Hall–Kier alpha value is -1.52. The second-order valence-electron chi connectivity index (χ2n) is 4.23. The summed E-state index contributed by atoms with van der Waals surface area (Å²) in [4.78, 5) is 0. The van der Waals surface area contributed by atoms with Crippen molar-refractivity contribution in [2.75, 3.05) is 0 Å². The van der Waals surface area contributed by atoms with Gasteiger partial charge in [-0.1, -0.05) is 23.7 Å². The Balaban J connectivity index is 2.25. The summed E-state index contributed by atoms with van der Waals surface area (Å²) in [5, 5.41) is -0.292. The molecular formula is C14H11ClF3N. The molecule has 2 aromatic rings. The Morgan fingerprint density at radius 1 is 1.05 bits per heavy atom. The summed E-state index contributed by atoms with van der Waals surface area (Å²) in [6.45, 7) is 0. The van der Waals surface area contributed by atoms with Crippen molar-refractivity contribution in [3.05, 3.63) is 70.0 Å². The maximum Gasteiger partial charge on any atom is 0.142 e. The van der Waals surface area contributed by atoms with Crippen molar-refractivity contribution >= 4 is 11.6 Å². The quantitative estimate of drug-likeness (QED) is 0.848. The van der Waals surface area contributed by atoms with Crippen LogP contribution in [0.4, 0.5) is 13.2 Å². The second-order valence-corrected chi connectivity index (χ2v) is 4.64. The fourth-order valence-corrected chi connectivity index (χ4v) is 2.00. The van der Waals surface area contributed by atoms with Crippen molar-refractivity contribution in [1.82, 2.24) is 0 Å². The third-order valence-corrected chi connectivity index (χ3v) is 3.07. The van der Waals surface area contributed by atoms with E-state index < -0.39 is 23.5 Å². The van der Waals surface area contributed by atoms with E-state index in [0.29, 0.717) is 5.56 Å². The van der Waals surface area contributed by atoms with E-state index >= 15 is 0 Å². The summed E-state index contributed by atoms with van der Waals surface area (Å²) >= 11 is 5.47. The average Bonchev–Trinajstić information content (AvgIpc) is 2.33. The standard InChI is InChI=1S/C14H11ClF3N/c15-11-7-12(17)10(6-13(11)18)14(19)5-8-2-1-3-9(16)4-8/h1-4,6-7,14H,5,19H2. The van der Waals surface area contributed by atoms with E-state index in [-0.39, 0.29) is 17.0 Å². The molecule has 2 aromatic carbocycles. The number of rotatable bonds is 3. The minimum Gasteiger partial charge on any atom is -0.324 e. The Bertz CT molecular complexity index is 601. The van der Waals surface area contributed by atoms with Gasteiger partial charge in [0.15, 0.2) is 0 Å². The first-order valence-corrected chi connectivity index (χ1v) is 5.99. The van der Waals surface area contributed by atoms with Crippen LogP contribution in [0.15, 0.2) is 36.4 Å². The maximum absolute atomic E-state index is 13.7. The van der Waals surface area contributed by atoms with Crippen LogP contribution in [0.3, 0.4) is 0 Å². The lowest BCUT2D eigenvalue weighted by Gasteiger charge is -2.14. The Morgan fingerprint density at radius 3 is 2.47 bits per heavy atom. The zero-order chi connectivity index (χ0) is 14.0. The molecule has 0 fully saturated rings. The molecule has 0 radical (unpaired) electrons. The van der Waals surface area contributed by atoms with Crippen LogP contribution in [0.5, 0.6) is 0 Å². The molecule has 0 amide bonds. The molecule has 0 aliphatic heterocycles. The zero-order valence-corrected chi connectivity index (χ0v) is 10.6. The number of hydrogen-bond donors (Lipinski definition) is 1. The maximum atomic E-state index is 13.7. The largest absolute Gasteiger partial charge is 0.324 e. The highest BCUT2D eigenvalue weighted by Gasteiger charge is 2.15. The summed E-state index contributed by atoms with van der Waals surface area (Å²) in [6, 6.07) is 6.91. The molecule has 0 heterocycles. The molecule has 0 bridgehead atoms. The summed E-state index contributed by atoms with van der Waals surface area (Å²) in [7, 11) is 0. The van der Waals surface area contributed by atoms with E-state index in [4.69, 9.17) is 17.3 Å². The van der Waals surface area contributed by atoms with Gasteiger partial charge in [0, 0.05) is 11.6 Å². The van der Waals surface area contributed by atoms with Crippen LogP contribution in [-0.4, -0.2) is 0 Å². The van der Waals surface area contributed by atoms with Crippen LogP contribution in [0, 0.1) is 17.5 Å². The van der Waals surface area contributed by atoms with E-state index in [0.717, 1.165) is 12.1 Å². The molecule has 100 valence electrons. The van der Waals surface area contributed by atoms with Crippen LogP contribution in [0.25, 0.3) is 0 Å². The van der Waals surface area contributed by atoms with E-state index in [1.165, 1.54) is 18.2 Å². The highest BCUT2D eigenvalue weighted by molar-refractivity contribution is 6.30. The van der Waals surface area contributed by atoms with Crippen molar-refractivity contribution in [2.24, 2.45) is 5.73 Å². The molecule has 5 heteroatoms. The lowest BCUT2D eigenvalue weighted by molar-refractivity contribution is 0.560. The van der Waals surface area contributed by atoms with Crippen LogP contribution >= 0.6 is 11.6 Å². The van der Waals surface area contributed by atoms with E-state index in [1.807, 2.05) is 0 Å². The minimum absolute atomic E-state index is 0.0196. The SMILES string of the molecule is NC(Cc1cccc(F)c1)c1cc(F)c(Cl)cc1F. The molecule has 0 aromatic heterocycles. The predicted molar refractivity (Wildman–Crippen MR) is 68.4 cm³/mol. The van der Waals surface area contributed by atoms with Gasteiger partial charge in [-0.05, 0) is 36.2 Å². The van der Waals surface area contributed by atoms with Gasteiger partial charge in [0.1, 0.15) is 17.5 Å². The lowest BCUT2D eigenvalue weighted by Crippen LogP contribution is -2.15. The number of nitrogens with two attached hydrogens (primary N) is 1. The summed E-state index contributed by atoms with van der Waals surface area (Å²) in [6.07, 6.45) is 0.204. The van der Waals surface area contributed by atoms with Crippen molar-refractivity contribution in [3.8, 4) is 0 Å². The normalized spacial score (nSPS) is 12.5. The molecule has 2 N–H and O–H groups in total. The highest BCUT2D eigenvalue weighted by atomic mass is 35.5. The van der Waals surface area contributed by atoms with Gasteiger partial charge < -0.3 is 5.73 Å². The highest BCUT2D eigenvalue weighted by Crippen LogP contribution is 2.25. The Morgan fingerprint density at radius 2 is 1.79 bits per heavy atom. The summed E-state index contributed by atoms with van der Waals surface area (Å²) < 4.78 is 40.0. The van der Waals surface area contributed by atoms with Crippen molar-refractivity contribution in [3.63, 3.8) is 0 Å². The molecule has 0 saturated heterocycles. The van der Waals surface area contributed by atoms with Gasteiger partial charge >= 0.3 is 0 Å². The van der Waals surface area contributed by atoms with Gasteiger partial charge in [0.25, 0.3) is 0 Å². The van der Waals surface area contributed by atoms with Crippen LogP contribution < -0.4 is 5.73 Å². The van der Waals surface area contributed by atoms with Gasteiger partial charge in [-0.2, -0.15) is 0 Å². The van der Waals surface area contributed by atoms with E-state index in [1.54, 1.807) is 6.07 Å². The summed E-state index contributed by atoms with van der Waals surface area (Å²) in [5.41, 5.74) is 6.46. The average molecular weight is 286 g/mol. The van der Waals surface area contributed by atoms with Crippen LogP contribution in [0.2, 0.25) is 5.02 Å². The van der Waals surface area contributed by atoms with Crippen molar-refractivity contribution in [2.45, 2.75) is 12.5 Å². The fraction of sp³-hybridized carbons (Fsp3) is 0.143. The second kappa shape index (κ2) is 5.63. The first-order chi connectivity index (χ1) is 8.97. The molecule has 1 atom stereocenters. The molecule has 0 saturated carbocycles. The topological polar surface area (TPSA) is 26.0 Å². The zero-order valence-electron chi connectivity index (χ0n) is 9.84. The monoisotopic (exact) mass is 285 g/mol. The molecule has 1 unspecified atom stereocenters. The van der Waals surface area contributed by atoms with E-state index in [2.05, 4.69) is 0 Å². The van der Waals surface area contributed by atoms with Gasteiger partial charge in [-0.25, -0.2) is 13.2 Å². The van der Waals surface area contributed by atoms with E-state index in [9.17, 15) is 13.2 Å². The summed E-state index contributed by atoms with van der Waals surface area (Å²) in [5.74, 6) is -1.80. The molecule has 2 rings (SSSR count). The smallest absolute Gasteiger partial charge is 0.142 e. The van der Waals surface area contributed by atoms with Gasteiger partial charge in [-0.3, -0.25) is 0 Å². The third kappa shape index (κ3) is 3.28. The van der Waals surface area contributed by atoms with Crippen molar-refractivity contribution in [1.29, 1.82) is 0 Å². The Labute approximate surface area is 113 Å². The van der Waals surface area contributed by atoms with Gasteiger partial charge in [-0.15, -0.1) is 0 Å². The first-order valence-electron chi connectivity index (χ1n) is 5.62. The predicted octanol–water partition coefficient (Wildman–Crippen LogP) is 4.00. The van der Waals surface area contributed by atoms with Crippen LogP contribution in [0.1, 0.15) is 17.2 Å². The Kier molecular flexibility index (Phi) is 4.12. The number of hydrogen-bond acceptors (Lipinski definition) is 1. The molecular weight excluding hydrogens is 275 g/mol. The van der Waals surface area contributed by atoms with Crippen molar-refractivity contribution < 1.29 is 13.2 Å². The number of halogens is 4. The lowest BCUT2D eigenvalue weighted by atomic mass is 9.99. The fourth-order valence-electron chi connectivity index (χ4n) is 1.85. The first kappa shape index (κ1) is 13.9. The molecule has 19 heavy (non-hydrogen) atoms. The van der Waals surface area contributed by atoms with Gasteiger partial charge in [0.05, 0.1) is 5.02 Å². The minimum atomic E-state index is -0.770. The third-order valence-electron chi connectivity index (χ3n) is 2.78. The molecule has 0 spiro atoms. The molecule has 1 nitrogen and oxygen atoms in total. The molecule has 0 aliphatic rings. The van der Waals surface area contributed by atoms with Gasteiger partial charge in [0.2, 0.25) is 0 Å². The van der Waals surface area contributed by atoms with Crippen LogP contribution in [-0.2, 0) is 6.42 Å². The number of benzene rings is 2.